The van der Waals surface area contributed by atoms with Gasteiger partial charge in [0.05, 0.1) is 18.2 Å². The Morgan fingerprint density at radius 1 is 1.09 bits per heavy atom. The van der Waals surface area contributed by atoms with Crippen LogP contribution in [0.2, 0.25) is 0 Å². The van der Waals surface area contributed by atoms with Gasteiger partial charge in [0.2, 0.25) is 0 Å². The Morgan fingerprint density at radius 2 is 1.74 bits per heavy atom. The highest BCUT2D eigenvalue weighted by molar-refractivity contribution is 6.26. The van der Waals surface area contributed by atoms with Crippen LogP contribution in [0.25, 0.3) is 6.08 Å². The Hall–Kier alpha value is -3.19. The Morgan fingerprint density at radius 3 is 2.30 bits per heavy atom. The van der Waals surface area contributed by atoms with E-state index in [9.17, 15) is 9.59 Å². The minimum Gasteiger partial charge on any atom is -0.462 e. The van der Waals surface area contributed by atoms with Gasteiger partial charge in [-0.2, -0.15) is 5.26 Å². The predicted octanol–water partition coefficient (Wildman–Crippen LogP) is 3.39. The van der Waals surface area contributed by atoms with Gasteiger partial charge in [-0.05, 0) is 30.7 Å². The van der Waals surface area contributed by atoms with Crippen molar-refractivity contribution in [2.75, 3.05) is 6.61 Å². The number of ether oxygens (including phenoxy) is 1. The lowest BCUT2D eigenvalue weighted by molar-refractivity contribution is -0.137. The molecule has 0 aliphatic rings. The molecule has 2 rings (SSSR count). The first kappa shape index (κ1) is 16.2. The van der Waals surface area contributed by atoms with E-state index in [4.69, 9.17) is 10.00 Å². The maximum atomic E-state index is 12.6. The second-order valence-electron chi connectivity index (χ2n) is 4.71. The number of hydrogen-bond donors (Lipinski definition) is 0. The average Bonchev–Trinajstić information content (AvgIpc) is 2.60. The third-order valence-electron chi connectivity index (χ3n) is 3.13. The summed E-state index contributed by atoms with van der Waals surface area (Å²) in [5, 5.41) is 8.81. The highest BCUT2D eigenvalue weighted by Crippen LogP contribution is 2.15. The number of ketones is 1. The average molecular weight is 305 g/mol. The molecular formula is C19H15NO3. The fourth-order valence-electron chi connectivity index (χ4n) is 1.99. The third kappa shape index (κ3) is 4.14. The number of benzene rings is 2. The number of carbonyl (C=O) groups is 2. The molecule has 0 N–H and O–H groups in total. The molecule has 0 aliphatic carbocycles. The summed E-state index contributed by atoms with van der Waals surface area (Å²) in [6, 6.07) is 17.2. The highest BCUT2D eigenvalue weighted by atomic mass is 16.5. The van der Waals surface area contributed by atoms with Crippen LogP contribution in [-0.4, -0.2) is 18.4 Å². The molecule has 0 fully saturated rings. The Bertz CT molecular complexity index is 769. The number of carbonyl (C=O) groups excluding carboxylic acids is 2. The second kappa shape index (κ2) is 7.71. The van der Waals surface area contributed by atoms with E-state index in [1.54, 1.807) is 61.5 Å². The Balaban J connectivity index is 2.41. The SMILES string of the molecule is CCOC(=O)/C(=C/c1ccc(C#N)cc1)C(=O)c1ccccc1. The maximum Gasteiger partial charge on any atom is 0.342 e. The molecule has 0 saturated carbocycles. The van der Waals surface area contributed by atoms with Crippen molar-refractivity contribution in [2.24, 2.45) is 0 Å². The number of rotatable bonds is 5. The normalized spacial score (nSPS) is 10.7. The van der Waals surface area contributed by atoms with Crippen molar-refractivity contribution < 1.29 is 14.3 Å². The van der Waals surface area contributed by atoms with E-state index in [-0.39, 0.29) is 12.2 Å². The topological polar surface area (TPSA) is 67.2 Å². The zero-order valence-electron chi connectivity index (χ0n) is 12.7. The van der Waals surface area contributed by atoms with Gasteiger partial charge in [-0.15, -0.1) is 0 Å². The third-order valence-corrected chi connectivity index (χ3v) is 3.13. The Labute approximate surface area is 134 Å². The number of nitrogens with zero attached hydrogens (tertiary/aromatic N) is 1. The van der Waals surface area contributed by atoms with Gasteiger partial charge in [0.25, 0.3) is 0 Å². The first-order chi connectivity index (χ1) is 11.2. The molecule has 114 valence electrons. The van der Waals surface area contributed by atoms with Crippen LogP contribution in [0, 0.1) is 11.3 Å². The zero-order valence-corrected chi connectivity index (χ0v) is 12.7. The van der Waals surface area contributed by atoms with E-state index < -0.39 is 11.8 Å². The van der Waals surface area contributed by atoms with E-state index >= 15 is 0 Å². The lowest BCUT2D eigenvalue weighted by Crippen LogP contribution is -2.16. The molecule has 0 amide bonds. The van der Waals surface area contributed by atoms with Crippen molar-refractivity contribution in [3.05, 3.63) is 76.9 Å². The molecule has 0 radical (unpaired) electrons. The molecule has 4 heteroatoms. The molecule has 0 saturated heterocycles. The minimum absolute atomic E-state index is 0.0391. The lowest BCUT2D eigenvalue weighted by atomic mass is 10.0. The molecule has 0 atom stereocenters. The summed E-state index contributed by atoms with van der Waals surface area (Å²) < 4.78 is 4.98. The van der Waals surface area contributed by atoms with Crippen LogP contribution in [0.15, 0.2) is 60.2 Å². The van der Waals surface area contributed by atoms with E-state index in [1.165, 1.54) is 6.08 Å². The van der Waals surface area contributed by atoms with Gasteiger partial charge in [0.15, 0.2) is 5.78 Å². The van der Waals surface area contributed by atoms with Gasteiger partial charge < -0.3 is 4.74 Å². The minimum atomic E-state index is -0.661. The van der Waals surface area contributed by atoms with E-state index in [1.807, 2.05) is 6.07 Å². The summed E-state index contributed by atoms with van der Waals surface area (Å²) in [5.74, 6) is -1.06. The first-order valence-electron chi connectivity index (χ1n) is 7.14. The monoisotopic (exact) mass is 305 g/mol. The molecule has 0 bridgehead atoms. The molecule has 0 aromatic heterocycles. The van der Waals surface area contributed by atoms with Crippen molar-refractivity contribution in [1.82, 2.24) is 0 Å². The molecule has 0 aliphatic heterocycles. The standard InChI is InChI=1S/C19H15NO3/c1-2-23-19(22)17(18(21)16-6-4-3-5-7-16)12-14-8-10-15(13-20)11-9-14/h3-12H,2H2,1H3/b17-12+. The largest absolute Gasteiger partial charge is 0.462 e. The number of esters is 1. The van der Waals surface area contributed by atoms with Crippen LogP contribution in [0.1, 0.15) is 28.4 Å². The molecule has 2 aromatic rings. The summed E-state index contributed by atoms with van der Waals surface area (Å²) in [6.07, 6.45) is 1.48. The van der Waals surface area contributed by atoms with Crippen molar-refractivity contribution in [2.45, 2.75) is 6.92 Å². The van der Waals surface area contributed by atoms with Gasteiger partial charge in [0.1, 0.15) is 5.57 Å². The number of hydrogen-bond acceptors (Lipinski definition) is 4. The highest BCUT2D eigenvalue weighted by Gasteiger charge is 2.20. The fraction of sp³-hybridized carbons (Fsp3) is 0.105. The maximum absolute atomic E-state index is 12.6. The fourth-order valence-corrected chi connectivity index (χ4v) is 1.99. The molecular weight excluding hydrogens is 290 g/mol. The van der Waals surface area contributed by atoms with Crippen molar-refractivity contribution in [1.29, 1.82) is 5.26 Å². The number of Topliss-reactive ketones (excluding diaryl/α,β-unsaturated/α-hetero) is 1. The lowest BCUT2D eigenvalue weighted by Gasteiger charge is -2.07. The predicted molar refractivity (Wildman–Crippen MR) is 86.5 cm³/mol. The summed E-state index contributed by atoms with van der Waals surface area (Å²) in [7, 11) is 0. The molecule has 23 heavy (non-hydrogen) atoms. The van der Waals surface area contributed by atoms with Crippen molar-refractivity contribution in [3.63, 3.8) is 0 Å². The smallest absolute Gasteiger partial charge is 0.342 e. The van der Waals surface area contributed by atoms with Crippen molar-refractivity contribution in [3.8, 4) is 6.07 Å². The first-order valence-corrected chi connectivity index (χ1v) is 7.14. The van der Waals surface area contributed by atoms with Crippen LogP contribution in [0.4, 0.5) is 0 Å². The Kier molecular flexibility index (Phi) is 5.43. The quantitative estimate of drug-likeness (QED) is 0.279. The van der Waals surface area contributed by atoms with Crippen LogP contribution in [-0.2, 0) is 9.53 Å². The number of nitriles is 1. The van der Waals surface area contributed by atoms with E-state index in [2.05, 4.69) is 0 Å². The van der Waals surface area contributed by atoms with Crippen LogP contribution < -0.4 is 0 Å². The summed E-state index contributed by atoms with van der Waals surface area (Å²) in [6.45, 7) is 1.87. The van der Waals surface area contributed by atoms with Gasteiger partial charge in [-0.3, -0.25) is 4.79 Å². The van der Waals surface area contributed by atoms with Crippen LogP contribution in [0.3, 0.4) is 0 Å². The molecule has 2 aromatic carbocycles. The molecule has 4 nitrogen and oxygen atoms in total. The second-order valence-corrected chi connectivity index (χ2v) is 4.71. The van der Waals surface area contributed by atoms with Gasteiger partial charge in [0, 0.05) is 5.56 Å². The summed E-state index contributed by atoms with van der Waals surface area (Å²) >= 11 is 0. The van der Waals surface area contributed by atoms with Gasteiger partial charge in [-0.1, -0.05) is 42.5 Å². The van der Waals surface area contributed by atoms with E-state index in [0.29, 0.717) is 16.7 Å². The van der Waals surface area contributed by atoms with Crippen LogP contribution in [0.5, 0.6) is 0 Å². The molecule has 0 spiro atoms. The summed E-state index contributed by atoms with van der Waals surface area (Å²) in [5.41, 5.74) is 1.54. The van der Waals surface area contributed by atoms with Crippen molar-refractivity contribution >= 4 is 17.8 Å². The van der Waals surface area contributed by atoms with Gasteiger partial charge >= 0.3 is 5.97 Å². The molecule has 0 heterocycles. The zero-order chi connectivity index (χ0) is 16.7. The summed E-state index contributed by atoms with van der Waals surface area (Å²) in [4.78, 5) is 24.7. The van der Waals surface area contributed by atoms with Gasteiger partial charge in [-0.25, -0.2) is 4.79 Å². The van der Waals surface area contributed by atoms with E-state index in [0.717, 1.165) is 0 Å². The molecule has 0 unspecified atom stereocenters. The van der Waals surface area contributed by atoms with Crippen LogP contribution >= 0.6 is 0 Å².